The molecule has 0 unspecified atom stereocenters. The van der Waals surface area contributed by atoms with Crippen LogP contribution < -0.4 is 19.6 Å². The van der Waals surface area contributed by atoms with E-state index in [9.17, 15) is 14.4 Å². The van der Waals surface area contributed by atoms with E-state index >= 15 is 0 Å². The number of aryl methyl sites for hydroxylation is 1. The van der Waals surface area contributed by atoms with E-state index in [4.69, 9.17) is 23.7 Å². The average Bonchev–Trinajstić information content (AvgIpc) is 3.52. The van der Waals surface area contributed by atoms with Crippen LogP contribution in [0, 0.1) is 0 Å². The summed E-state index contributed by atoms with van der Waals surface area (Å²) in [6.45, 7) is 9.01. The highest BCUT2D eigenvalue weighted by Gasteiger charge is 2.26. The van der Waals surface area contributed by atoms with Crippen molar-refractivity contribution in [2.75, 3.05) is 26.6 Å². The Bertz CT molecular complexity index is 1790. The first-order valence-corrected chi connectivity index (χ1v) is 16.0. The van der Waals surface area contributed by atoms with Crippen molar-refractivity contribution in [1.29, 1.82) is 0 Å². The minimum Gasteiger partial charge on any atom is -0.494 e. The fraction of sp³-hybridized carbons (Fsp3) is 0.378. The van der Waals surface area contributed by atoms with E-state index in [1.54, 1.807) is 38.1 Å². The highest BCUT2D eigenvalue weighted by Crippen LogP contribution is 2.36. The highest BCUT2D eigenvalue weighted by molar-refractivity contribution is 5.94. The summed E-state index contributed by atoms with van der Waals surface area (Å²) in [5.74, 6) is 0.850. The fourth-order valence-electron chi connectivity index (χ4n) is 5.78. The molecule has 0 saturated heterocycles. The number of esters is 2. The quantitative estimate of drug-likeness (QED) is 0.110. The van der Waals surface area contributed by atoms with Crippen LogP contribution in [0.5, 0.6) is 17.2 Å². The van der Waals surface area contributed by atoms with Crippen molar-refractivity contribution in [3.8, 4) is 17.2 Å². The third-order valence-electron chi connectivity index (χ3n) is 8.04. The van der Waals surface area contributed by atoms with Gasteiger partial charge in [-0.05, 0) is 85.8 Å². The van der Waals surface area contributed by atoms with Crippen molar-refractivity contribution in [3.63, 3.8) is 0 Å². The molecule has 0 atom stereocenters. The summed E-state index contributed by atoms with van der Waals surface area (Å²) >= 11 is 0. The first-order valence-electron chi connectivity index (χ1n) is 16.0. The molecular formula is C37H41NO8. The molecule has 0 spiro atoms. The Morgan fingerprint density at radius 3 is 2.30 bits per heavy atom. The number of hydrogen-bond acceptors (Lipinski definition) is 8. The number of pyridine rings is 1. The van der Waals surface area contributed by atoms with Crippen LogP contribution in [0.3, 0.4) is 0 Å². The second kappa shape index (κ2) is 15.0. The van der Waals surface area contributed by atoms with Crippen LogP contribution in [0.4, 0.5) is 0 Å². The van der Waals surface area contributed by atoms with Gasteiger partial charge in [0.05, 0.1) is 30.9 Å². The molecule has 242 valence electrons. The smallest absolute Gasteiger partial charge is 0.355 e. The Morgan fingerprint density at radius 1 is 0.848 bits per heavy atom. The van der Waals surface area contributed by atoms with Crippen molar-refractivity contribution >= 4 is 22.8 Å². The number of aromatic nitrogens is 1. The van der Waals surface area contributed by atoms with Crippen LogP contribution in [0.1, 0.15) is 90.1 Å². The Hall–Kier alpha value is -4.79. The van der Waals surface area contributed by atoms with Crippen LogP contribution in [0.15, 0.2) is 59.4 Å². The van der Waals surface area contributed by atoms with E-state index in [2.05, 4.69) is 13.8 Å². The van der Waals surface area contributed by atoms with E-state index in [1.165, 1.54) is 0 Å². The van der Waals surface area contributed by atoms with Crippen molar-refractivity contribution in [2.24, 2.45) is 0 Å². The normalized spacial score (nSPS) is 11.9. The number of benzene rings is 3. The molecule has 1 aliphatic heterocycles. The number of nitrogens with zero attached hydrogens (tertiary/aromatic N) is 1. The van der Waals surface area contributed by atoms with E-state index in [-0.39, 0.29) is 49.7 Å². The molecule has 9 nitrogen and oxygen atoms in total. The maximum atomic E-state index is 14.4. The van der Waals surface area contributed by atoms with Crippen molar-refractivity contribution in [3.05, 3.63) is 98.3 Å². The van der Waals surface area contributed by atoms with Gasteiger partial charge >= 0.3 is 11.9 Å². The Labute approximate surface area is 269 Å². The summed E-state index contributed by atoms with van der Waals surface area (Å²) < 4.78 is 30.0. The van der Waals surface area contributed by atoms with Gasteiger partial charge in [-0.15, -0.1) is 0 Å². The molecule has 4 aromatic rings. The lowest BCUT2D eigenvalue weighted by Gasteiger charge is -2.22. The zero-order valence-electron chi connectivity index (χ0n) is 27.0. The summed E-state index contributed by atoms with van der Waals surface area (Å²) in [4.78, 5) is 40.7. The number of ether oxygens (including phenoxy) is 5. The highest BCUT2D eigenvalue weighted by atomic mass is 16.7. The summed E-state index contributed by atoms with van der Waals surface area (Å²) in [6, 6.07) is 16.3. The van der Waals surface area contributed by atoms with Gasteiger partial charge in [-0.3, -0.25) is 4.79 Å². The summed E-state index contributed by atoms with van der Waals surface area (Å²) in [5.41, 5.74) is 3.74. The number of unbranched alkanes of at least 4 members (excludes halogenated alkanes) is 2. The van der Waals surface area contributed by atoms with Crippen LogP contribution in [-0.4, -0.2) is 43.1 Å². The zero-order valence-corrected chi connectivity index (χ0v) is 27.0. The van der Waals surface area contributed by atoms with Gasteiger partial charge < -0.3 is 28.3 Å². The molecule has 1 aromatic heterocycles. The number of fused-ring (bicyclic) bond motifs is 2. The third kappa shape index (κ3) is 7.03. The Kier molecular flexibility index (Phi) is 10.6. The molecular weight excluding hydrogens is 586 g/mol. The number of carbonyl (C=O) groups is 2. The molecule has 9 heteroatoms. The first kappa shape index (κ1) is 32.6. The van der Waals surface area contributed by atoms with Crippen molar-refractivity contribution in [2.45, 2.75) is 66.3 Å². The number of carbonyl (C=O) groups excluding carboxylic acids is 2. The largest absolute Gasteiger partial charge is 0.494 e. The van der Waals surface area contributed by atoms with Crippen LogP contribution in [-0.2, 0) is 28.9 Å². The van der Waals surface area contributed by atoms with E-state index in [0.717, 1.165) is 36.8 Å². The van der Waals surface area contributed by atoms with Gasteiger partial charge in [0.25, 0.3) is 0 Å². The van der Waals surface area contributed by atoms with Crippen LogP contribution in [0.2, 0.25) is 0 Å². The SMILES string of the molecule is CCCCCOc1ccc2c(c1)c(=O)c(Cc1cccc(C(=O)OCC)c1)c(C(=O)OCC)n2Cc1cc2c(cc1CC)OCO2. The van der Waals surface area contributed by atoms with E-state index < -0.39 is 11.9 Å². The lowest BCUT2D eigenvalue weighted by molar-refractivity contribution is 0.0507. The monoisotopic (exact) mass is 627 g/mol. The van der Waals surface area contributed by atoms with Gasteiger partial charge in [0, 0.05) is 23.9 Å². The summed E-state index contributed by atoms with van der Waals surface area (Å²) in [6.07, 6.45) is 3.85. The maximum absolute atomic E-state index is 14.4. The molecule has 1 aliphatic rings. The third-order valence-corrected chi connectivity index (χ3v) is 8.04. The molecule has 5 rings (SSSR count). The molecule has 0 saturated carbocycles. The molecule has 0 radical (unpaired) electrons. The number of rotatable bonds is 14. The minimum absolute atomic E-state index is 0.0968. The van der Waals surface area contributed by atoms with E-state index in [0.29, 0.717) is 45.9 Å². The summed E-state index contributed by atoms with van der Waals surface area (Å²) in [5, 5.41) is 0.427. The van der Waals surface area contributed by atoms with Gasteiger partial charge in [0.15, 0.2) is 16.9 Å². The molecule has 0 bridgehead atoms. The maximum Gasteiger partial charge on any atom is 0.355 e. The Morgan fingerprint density at radius 2 is 1.59 bits per heavy atom. The topological polar surface area (TPSA) is 102 Å². The van der Waals surface area contributed by atoms with Gasteiger partial charge in [0.1, 0.15) is 11.4 Å². The van der Waals surface area contributed by atoms with Gasteiger partial charge in [0.2, 0.25) is 6.79 Å². The first-order chi connectivity index (χ1) is 22.4. The number of hydrogen-bond donors (Lipinski definition) is 0. The van der Waals surface area contributed by atoms with Gasteiger partial charge in [-0.1, -0.05) is 38.8 Å². The molecule has 0 aliphatic carbocycles. The standard InChI is InChI=1S/C37H41NO8/c1-5-9-10-16-44-28-14-15-31-29(21-28)35(39)30(18-24-12-11-13-26(17-24)36(40)42-7-3)34(37(41)43-8-4)38(31)22-27-20-33-32(45-23-46-33)19-25(27)6-2/h11-15,17,19-21H,5-10,16,18,22-23H2,1-4H3. The molecule has 0 amide bonds. The summed E-state index contributed by atoms with van der Waals surface area (Å²) in [7, 11) is 0. The fourth-order valence-corrected chi connectivity index (χ4v) is 5.78. The van der Waals surface area contributed by atoms with Crippen molar-refractivity contribution in [1.82, 2.24) is 4.57 Å². The van der Waals surface area contributed by atoms with Crippen molar-refractivity contribution < 1.29 is 33.3 Å². The molecule has 46 heavy (non-hydrogen) atoms. The Balaban J connectivity index is 1.71. The molecule has 2 heterocycles. The van der Waals surface area contributed by atoms with Crippen LogP contribution in [0.25, 0.3) is 10.9 Å². The second-order valence-corrected chi connectivity index (χ2v) is 11.1. The zero-order chi connectivity index (χ0) is 32.6. The lowest BCUT2D eigenvalue weighted by atomic mass is 9.97. The molecule has 3 aromatic carbocycles. The predicted octanol–water partition coefficient (Wildman–Crippen LogP) is 6.85. The molecule has 0 fully saturated rings. The van der Waals surface area contributed by atoms with E-state index in [1.807, 2.05) is 34.9 Å². The van der Waals surface area contributed by atoms with Gasteiger partial charge in [-0.2, -0.15) is 0 Å². The lowest BCUT2D eigenvalue weighted by Crippen LogP contribution is -2.26. The second-order valence-electron chi connectivity index (χ2n) is 11.1. The molecule has 0 N–H and O–H groups in total. The predicted molar refractivity (Wildman–Crippen MR) is 175 cm³/mol. The van der Waals surface area contributed by atoms with Crippen LogP contribution >= 0.6 is 0 Å². The average molecular weight is 628 g/mol. The minimum atomic E-state index is -0.600. The van der Waals surface area contributed by atoms with Gasteiger partial charge in [-0.25, -0.2) is 9.59 Å².